The van der Waals surface area contributed by atoms with Crippen LogP contribution in [0, 0.1) is 0 Å². The molecule has 2 aromatic rings. The van der Waals surface area contributed by atoms with E-state index in [-0.39, 0.29) is 30.6 Å². The Hall–Kier alpha value is -2.32. The van der Waals surface area contributed by atoms with Crippen molar-refractivity contribution >= 4 is 35.0 Å². The van der Waals surface area contributed by atoms with Crippen LogP contribution in [0.2, 0.25) is 10.0 Å². The Bertz CT molecular complexity index is 999. The highest BCUT2D eigenvalue weighted by Gasteiger charge is 2.24. The molecule has 2 N–H and O–H groups in total. The van der Waals surface area contributed by atoms with Gasteiger partial charge in [-0.3, -0.25) is 14.5 Å². The number of amides is 2. The van der Waals surface area contributed by atoms with Crippen molar-refractivity contribution in [3.63, 3.8) is 0 Å². The normalized spacial score (nSPS) is 18.5. The molecule has 1 aliphatic carbocycles. The molecular formula is C24H27Cl2N3O4. The third-order valence-electron chi connectivity index (χ3n) is 5.52. The van der Waals surface area contributed by atoms with Crippen LogP contribution in [0.4, 0.5) is 0 Å². The van der Waals surface area contributed by atoms with E-state index in [9.17, 15) is 9.59 Å². The summed E-state index contributed by atoms with van der Waals surface area (Å²) in [7, 11) is 0. The highest BCUT2D eigenvalue weighted by molar-refractivity contribution is 6.42. The Morgan fingerprint density at radius 2 is 1.97 bits per heavy atom. The summed E-state index contributed by atoms with van der Waals surface area (Å²) in [5, 5.41) is 6.88. The number of carbonyl (C=O) groups excluding carboxylic acids is 2. The predicted octanol–water partition coefficient (Wildman–Crippen LogP) is 3.28. The van der Waals surface area contributed by atoms with Crippen LogP contribution in [0.5, 0.6) is 5.75 Å². The SMILES string of the molecule is O=C(COc1cccc(C(=O)NC2CC2)c1)NC[C@H]1CN(Cc2ccc(Cl)c(Cl)c2)CCO1. The summed E-state index contributed by atoms with van der Waals surface area (Å²) in [4.78, 5) is 26.7. The minimum Gasteiger partial charge on any atom is -0.484 e. The van der Waals surface area contributed by atoms with Crippen molar-refractivity contribution in [3.05, 3.63) is 63.6 Å². The molecule has 0 bridgehead atoms. The van der Waals surface area contributed by atoms with Gasteiger partial charge in [-0.1, -0.05) is 35.3 Å². The first-order valence-electron chi connectivity index (χ1n) is 11.0. The minimum atomic E-state index is -0.243. The van der Waals surface area contributed by atoms with Crippen LogP contribution in [0.15, 0.2) is 42.5 Å². The lowest BCUT2D eigenvalue weighted by Gasteiger charge is -2.33. The molecule has 0 aromatic heterocycles. The van der Waals surface area contributed by atoms with Gasteiger partial charge in [0.15, 0.2) is 6.61 Å². The van der Waals surface area contributed by atoms with Crippen LogP contribution < -0.4 is 15.4 Å². The molecule has 1 saturated heterocycles. The number of hydrogen-bond donors (Lipinski definition) is 2. The van der Waals surface area contributed by atoms with Gasteiger partial charge in [0.1, 0.15) is 5.75 Å². The largest absolute Gasteiger partial charge is 0.484 e. The average molecular weight is 492 g/mol. The highest BCUT2D eigenvalue weighted by atomic mass is 35.5. The average Bonchev–Trinajstić information content (AvgIpc) is 3.63. The number of rotatable bonds is 9. The number of hydrogen-bond acceptors (Lipinski definition) is 5. The van der Waals surface area contributed by atoms with Crippen LogP contribution in [-0.2, 0) is 16.1 Å². The van der Waals surface area contributed by atoms with E-state index in [0.717, 1.165) is 31.5 Å². The molecule has 1 heterocycles. The topological polar surface area (TPSA) is 79.9 Å². The Kier molecular flexibility index (Phi) is 8.09. The van der Waals surface area contributed by atoms with Crippen molar-refractivity contribution in [1.29, 1.82) is 0 Å². The first-order valence-corrected chi connectivity index (χ1v) is 11.8. The summed E-state index contributed by atoms with van der Waals surface area (Å²) < 4.78 is 11.4. The van der Waals surface area contributed by atoms with E-state index in [1.165, 1.54) is 0 Å². The zero-order valence-corrected chi connectivity index (χ0v) is 19.7. The molecule has 2 fully saturated rings. The molecule has 1 aliphatic heterocycles. The van der Waals surface area contributed by atoms with Gasteiger partial charge in [-0.25, -0.2) is 0 Å². The lowest BCUT2D eigenvalue weighted by molar-refractivity contribution is -0.124. The van der Waals surface area contributed by atoms with Crippen LogP contribution in [0.3, 0.4) is 0 Å². The van der Waals surface area contributed by atoms with E-state index in [1.54, 1.807) is 30.3 Å². The highest BCUT2D eigenvalue weighted by Crippen LogP contribution is 2.24. The third kappa shape index (κ3) is 7.33. The van der Waals surface area contributed by atoms with Crippen LogP contribution >= 0.6 is 23.2 Å². The van der Waals surface area contributed by atoms with Crippen molar-refractivity contribution < 1.29 is 19.1 Å². The maximum absolute atomic E-state index is 12.3. The third-order valence-corrected chi connectivity index (χ3v) is 6.26. The first-order chi connectivity index (χ1) is 16.0. The molecule has 176 valence electrons. The Labute approximate surface area is 203 Å². The zero-order valence-electron chi connectivity index (χ0n) is 18.2. The van der Waals surface area contributed by atoms with Gasteiger partial charge in [-0.05, 0) is 48.7 Å². The number of carbonyl (C=O) groups is 2. The molecule has 1 atom stereocenters. The minimum absolute atomic E-state index is 0.111. The van der Waals surface area contributed by atoms with Crippen LogP contribution in [0.1, 0.15) is 28.8 Å². The summed E-state index contributed by atoms with van der Waals surface area (Å²) in [6.45, 7) is 3.09. The van der Waals surface area contributed by atoms with Crippen LogP contribution in [-0.4, -0.2) is 61.7 Å². The molecule has 33 heavy (non-hydrogen) atoms. The Balaban J connectivity index is 1.19. The van der Waals surface area contributed by atoms with E-state index in [0.29, 0.717) is 41.1 Å². The van der Waals surface area contributed by atoms with Gasteiger partial charge < -0.3 is 20.1 Å². The van der Waals surface area contributed by atoms with Crippen LogP contribution in [0.25, 0.3) is 0 Å². The van der Waals surface area contributed by atoms with E-state index >= 15 is 0 Å². The summed E-state index contributed by atoms with van der Waals surface area (Å²) >= 11 is 12.1. The summed E-state index contributed by atoms with van der Waals surface area (Å²) in [5.74, 6) is 0.121. The van der Waals surface area contributed by atoms with E-state index in [2.05, 4.69) is 15.5 Å². The smallest absolute Gasteiger partial charge is 0.258 e. The zero-order chi connectivity index (χ0) is 23.2. The quantitative estimate of drug-likeness (QED) is 0.562. The van der Waals surface area contributed by atoms with Gasteiger partial charge >= 0.3 is 0 Å². The summed E-state index contributed by atoms with van der Waals surface area (Å²) in [6.07, 6.45) is 1.94. The predicted molar refractivity (Wildman–Crippen MR) is 127 cm³/mol. The molecular weight excluding hydrogens is 465 g/mol. The molecule has 7 nitrogen and oxygen atoms in total. The van der Waals surface area contributed by atoms with Gasteiger partial charge in [0.2, 0.25) is 0 Å². The van der Waals surface area contributed by atoms with E-state index in [1.807, 2.05) is 12.1 Å². The number of halogens is 2. The Morgan fingerprint density at radius 3 is 2.76 bits per heavy atom. The molecule has 2 amide bonds. The first kappa shape index (κ1) is 23.8. The van der Waals surface area contributed by atoms with Gasteiger partial charge in [0.05, 0.1) is 22.8 Å². The van der Waals surface area contributed by atoms with Gasteiger partial charge in [-0.2, -0.15) is 0 Å². The van der Waals surface area contributed by atoms with E-state index < -0.39 is 0 Å². The maximum atomic E-state index is 12.3. The number of nitrogens with zero attached hydrogens (tertiary/aromatic N) is 1. The molecule has 2 aliphatic rings. The van der Waals surface area contributed by atoms with Crippen molar-refractivity contribution in [2.24, 2.45) is 0 Å². The number of morpholine rings is 1. The van der Waals surface area contributed by atoms with Crippen molar-refractivity contribution in [2.45, 2.75) is 31.5 Å². The van der Waals surface area contributed by atoms with Crippen molar-refractivity contribution in [1.82, 2.24) is 15.5 Å². The number of ether oxygens (including phenoxy) is 2. The van der Waals surface area contributed by atoms with Gasteiger partial charge in [-0.15, -0.1) is 0 Å². The lowest BCUT2D eigenvalue weighted by Crippen LogP contribution is -2.47. The maximum Gasteiger partial charge on any atom is 0.258 e. The molecule has 1 saturated carbocycles. The second-order valence-electron chi connectivity index (χ2n) is 8.34. The van der Waals surface area contributed by atoms with Gasteiger partial charge in [0, 0.05) is 37.8 Å². The van der Waals surface area contributed by atoms with Gasteiger partial charge in [0.25, 0.3) is 11.8 Å². The molecule has 0 spiro atoms. The summed E-state index contributed by atoms with van der Waals surface area (Å²) in [6, 6.07) is 12.8. The molecule has 9 heteroatoms. The fourth-order valence-electron chi connectivity index (χ4n) is 3.59. The number of benzene rings is 2. The molecule has 0 radical (unpaired) electrons. The number of nitrogens with one attached hydrogen (secondary N) is 2. The standard InChI is InChI=1S/C24H27Cl2N3O4/c25-21-7-4-16(10-22(21)26)13-29-8-9-32-20(14-29)12-27-23(30)15-33-19-3-1-2-17(11-19)24(31)28-18-5-6-18/h1-4,7,10-11,18,20H,5-6,8-9,12-15H2,(H,27,30)(H,28,31)/t20-/m0/s1. The molecule has 0 unspecified atom stereocenters. The monoisotopic (exact) mass is 491 g/mol. The Morgan fingerprint density at radius 1 is 1.12 bits per heavy atom. The van der Waals surface area contributed by atoms with Crippen molar-refractivity contribution in [2.75, 3.05) is 32.8 Å². The molecule has 4 rings (SSSR count). The summed E-state index contributed by atoms with van der Waals surface area (Å²) in [5.41, 5.74) is 1.60. The lowest BCUT2D eigenvalue weighted by atomic mass is 10.2. The second-order valence-corrected chi connectivity index (χ2v) is 9.16. The fraction of sp³-hybridized carbons (Fsp3) is 0.417. The second kappa shape index (κ2) is 11.2. The van der Waals surface area contributed by atoms with Crippen molar-refractivity contribution in [3.8, 4) is 5.75 Å². The fourth-order valence-corrected chi connectivity index (χ4v) is 3.92. The van der Waals surface area contributed by atoms with E-state index in [4.69, 9.17) is 32.7 Å². The molecule has 2 aromatic carbocycles.